The molecule has 2 aromatic rings. The van der Waals surface area contributed by atoms with E-state index in [2.05, 4.69) is 5.32 Å². The number of hydrogen-bond acceptors (Lipinski definition) is 5. The van der Waals surface area contributed by atoms with Gasteiger partial charge in [-0.05, 0) is 42.7 Å². The van der Waals surface area contributed by atoms with Crippen LogP contribution in [0.15, 0.2) is 48.5 Å². The predicted octanol–water partition coefficient (Wildman–Crippen LogP) is 2.84. The predicted molar refractivity (Wildman–Crippen MR) is 118 cm³/mol. The van der Waals surface area contributed by atoms with Gasteiger partial charge in [0.05, 0.1) is 12.3 Å². The summed E-state index contributed by atoms with van der Waals surface area (Å²) >= 11 is 5.95. The van der Waals surface area contributed by atoms with Crippen LogP contribution in [0.1, 0.15) is 18.4 Å². The van der Waals surface area contributed by atoms with E-state index in [0.29, 0.717) is 61.2 Å². The lowest BCUT2D eigenvalue weighted by molar-refractivity contribution is -0.126. The van der Waals surface area contributed by atoms with Gasteiger partial charge in [-0.25, -0.2) is 12.7 Å². The molecular formula is C22H25ClN2O5S. The molecule has 2 heterocycles. The van der Waals surface area contributed by atoms with Gasteiger partial charge in [0.2, 0.25) is 15.9 Å². The largest absolute Gasteiger partial charge is 0.486 e. The highest BCUT2D eigenvalue weighted by molar-refractivity contribution is 7.88. The van der Waals surface area contributed by atoms with Gasteiger partial charge in [-0.3, -0.25) is 4.79 Å². The Morgan fingerprint density at radius 1 is 1.10 bits per heavy atom. The van der Waals surface area contributed by atoms with Gasteiger partial charge in [0, 0.05) is 24.0 Å². The summed E-state index contributed by atoms with van der Waals surface area (Å²) in [5.74, 6) is 0.997. The van der Waals surface area contributed by atoms with Gasteiger partial charge in [-0.1, -0.05) is 35.9 Å². The fourth-order valence-electron chi connectivity index (χ4n) is 3.85. The number of amides is 1. The third kappa shape index (κ3) is 5.50. The number of para-hydroxylation sites is 2. The number of benzene rings is 2. The first kappa shape index (κ1) is 21.9. The highest BCUT2D eigenvalue weighted by Gasteiger charge is 2.31. The van der Waals surface area contributed by atoms with Crippen LogP contribution in [-0.4, -0.2) is 51.0 Å². The summed E-state index contributed by atoms with van der Waals surface area (Å²) in [4.78, 5) is 12.6. The molecular weight excluding hydrogens is 440 g/mol. The molecule has 0 aromatic heterocycles. The van der Waals surface area contributed by atoms with E-state index in [-0.39, 0.29) is 23.7 Å². The Morgan fingerprint density at radius 3 is 2.58 bits per heavy atom. The molecule has 31 heavy (non-hydrogen) atoms. The Bertz CT molecular complexity index is 1040. The Labute approximate surface area is 187 Å². The lowest BCUT2D eigenvalue weighted by Gasteiger charge is -2.31. The molecule has 0 radical (unpaired) electrons. The van der Waals surface area contributed by atoms with Crippen molar-refractivity contribution in [1.82, 2.24) is 9.62 Å². The van der Waals surface area contributed by atoms with Crippen LogP contribution in [-0.2, 0) is 20.6 Å². The number of fused-ring (bicyclic) bond motifs is 1. The van der Waals surface area contributed by atoms with Crippen molar-refractivity contribution in [2.75, 3.05) is 26.2 Å². The Kier molecular flexibility index (Phi) is 6.69. The molecule has 9 heteroatoms. The second-order valence-electron chi connectivity index (χ2n) is 7.80. The van der Waals surface area contributed by atoms with Crippen LogP contribution in [0.3, 0.4) is 0 Å². The van der Waals surface area contributed by atoms with Crippen LogP contribution >= 0.6 is 11.6 Å². The maximum atomic E-state index is 12.7. The smallest absolute Gasteiger partial charge is 0.223 e. The van der Waals surface area contributed by atoms with Gasteiger partial charge in [-0.2, -0.15) is 0 Å². The van der Waals surface area contributed by atoms with Crippen molar-refractivity contribution in [3.63, 3.8) is 0 Å². The van der Waals surface area contributed by atoms with Crippen LogP contribution in [0.5, 0.6) is 11.5 Å². The van der Waals surface area contributed by atoms with Crippen molar-refractivity contribution in [3.05, 3.63) is 59.1 Å². The monoisotopic (exact) mass is 464 g/mol. The molecule has 0 aliphatic carbocycles. The fraction of sp³-hybridized carbons (Fsp3) is 0.409. The number of carbonyl (C=O) groups excluding carboxylic acids is 1. The Balaban J connectivity index is 1.24. The van der Waals surface area contributed by atoms with Crippen LogP contribution in [0.4, 0.5) is 0 Å². The zero-order valence-corrected chi connectivity index (χ0v) is 18.6. The average molecular weight is 465 g/mol. The van der Waals surface area contributed by atoms with Crippen molar-refractivity contribution < 1.29 is 22.7 Å². The number of nitrogens with one attached hydrogen (secondary N) is 1. The van der Waals surface area contributed by atoms with Gasteiger partial charge in [-0.15, -0.1) is 0 Å². The molecule has 2 aromatic carbocycles. The molecule has 7 nitrogen and oxygen atoms in total. The average Bonchev–Trinajstić information content (AvgIpc) is 2.77. The van der Waals surface area contributed by atoms with Gasteiger partial charge in [0.1, 0.15) is 12.7 Å². The Hall–Kier alpha value is -2.29. The molecule has 2 aliphatic rings. The fourth-order valence-corrected chi connectivity index (χ4v) is 5.61. The van der Waals surface area contributed by atoms with Gasteiger partial charge < -0.3 is 14.8 Å². The molecule has 1 fully saturated rings. The van der Waals surface area contributed by atoms with Crippen LogP contribution in [0, 0.1) is 5.92 Å². The van der Waals surface area contributed by atoms with Crippen molar-refractivity contribution in [2.24, 2.45) is 5.92 Å². The summed E-state index contributed by atoms with van der Waals surface area (Å²) in [6.07, 6.45) is 0.730. The topological polar surface area (TPSA) is 84.9 Å². The van der Waals surface area contributed by atoms with E-state index >= 15 is 0 Å². The zero-order chi connectivity index (χ0) is 21.8. The number of ether oxygens (including phenoxy) is 2. The lowest BCUT2D eigenvalue weighted by Crippen LogP contribution is -2.46. The first-order valence-corrected chi connectivity index (χ1v) is 12.3. The summed E-state index contributed by atoms with van der Waals surface area (Å²) in [6, 6.07) is 14.3. The molecule has 2 aliphatic heterocycles. The molecule has 0 spiro atoms. The minimum Gasteiger partial charge on any atom is -0.486 e. The van der Waals surface area contributed by atoms with Gasteiger partial charge in [0.15, 0.2) is 11.5 Å². The maximum Gasteiger partial charge on any atom is 0.223 e. The first-order valence-electron chi connectivity index (χ1n) is 10.3. The molecule has 0 saturated carbocycles. The zero-order valence-electron chi connectivity index (χ0n) is 17.0. The number of nitrogens with zero attached hydrogens (tertiary/aromatic N) is 1. The summed E-state index contributed by atoms with van der Waals surface area (Å²) in [5, 5.41) is 3.44. The number of rotatable bonds is 6. The number of hydrogen-bond donors (Lipinski definition) is 1. The highest BCUT2D eigenvalue weighted by atomic mass is 35.5. The van der Waals surface area contributed by atoms with E-state index in [1.165, 1.54) is 4.31 Å². The molecule has 1 saturated heterocycles. The lowest BCUT2D eigenvalue weighted by atomic mass is 9.97. The summed E-state index contributed by atoms with van der Waals surface area (Å²) < 4.78 is 38.4. The summed E-state index contributed by atoms with van der Waals surface area (Å²) in [6.45, 7) is 1.38. The van der Waals surface area contributed by atoms with E-state index in [9.17, 15) is 13.2 Å². The number of piperidine rings is 1. The second-order valence-corrected chi connectivity index (χ2v) is 10.2. The summed E-state index contributed by atoms with van der Waals surface area (Å²) in [5.41, 5.74) is 0.656. The molecule has 1 atom stereocenters. The van der Waals surface area contributed by atoms with Gasteiger partial charge >= 0.3 is 0 Å². The number of carbonyl (C=O) groups is 1. The van der Waals surface area contributed by atoms with Crippen LogP contribution in [0.2, 0.25) is 5.02 Å². The minimum atomic E-state index is -3.45. The molecule has 0 bridgehead atoms. The third-order valence-electron chi connectivity index (χ3n) is 5.53. The first-order chi connectivity index (χ1) is 14.9. The van der Waals surface area contributed by atoms with Crippen LogP contribution in [0.25, 0.3) is 0 Å². The highest BCUT2D eigenvalue weighted by Crippen LogP contribution is 2.30. The minimum absolute atomic E-state index is 0.0747. The second kappa shape index (κ2) is 9.46. The molecule has 4 rings (SSSR count). The summed E-state index contributed by atoms with van der Waals surface area (Å²) in [7, 11) is -3.45. The molecule has 1 N–H and O–H groups in total. The van der Waals surface area contributed by atoms with Crippen LogP contribution < -0.4 is 14.8 Å². The van der Waals surface area contributed by atoms with E-state index in [1.54, 1.807) is 24.3 Å². The van der Waals surface area contributed by atoms with E-state index < -0.39 is 10.0 Å². The van der Waals surface area contributed by atoms with E-state index in [4.69, 9.17) is 21.1 Å². The van der Waals surface area contributed by atoms with Crippen molar-refractivity contribution >= 4 is 27.5 Å². The number of halogens is 1. The van der Waals surface area contributed by atoms with Crippen molar-refractivity contribution in [3.8, 4) is 11.5 Å². The quantitative estimate of drug-likeness (QED) is 0.710. The van der Waals surface area contributed by atoms with E-state index in [1.807, 2.05) is 24.3 Å². The molecule has 1 unspecified atom stereocenters. The molecule has 166 valence electrons. The number of sulfonamides is 1. The van der Waals surface area contributed by atoms with Crippen molar-refractivity contribution in [2.45, 2.75) is 24.7 Å². The van der Waals surface area contributed by atoms with Crippen molar-refractivity contribution in [1.29, 1.82) is 0 Å². The third-order valence-corrected chi connectivity index (χ3v) is 7.61. The maximum absolute atomic E-state index is 12.7. The molecule has 1 amide bonds. The Morgan fingerprint density at radius 2 is 1.84 bits per heavy atom. The SMILES string of the molecule is O=C(NCC1COc2ccccc2O1)C1CCN(S(=O)(=O)Cc2cccc(Cl)c2)CC1. The normalized spacial score (nSPS) is 19.7. The van der Waals surface area contributed by atoms with Gasteiger partial charge in [0.25, 0.3) is 0 Å². The standard InChI is InChI=1S/C22H25ClN2O5S/c23-18-5-3-4-16(12-18)15-31(27,28)25-10-8-17(9-11-25)22(26)24-13-19-14-29-20-6-1-2-7-21(20)30-19/h1-7,12,17,19H,8-11,13-15H2,(H,24,26). The van der Waals surface area contributed by atoms with E-state index in [0.717, 1.165) is 0 Å².